The van der Waals surface area contributed by atoms with Crippen molar-refractivity contribution in [3.05, 3.63) is 78.2 Å². The molecule has 2 N–H and O–H groups in total. The van der Waals surface area contributed by atoms with E-state index in [2.05, 4.69) is 18.2 Å². The Morgan fingerprint density at radius 2 is 1.77 bits per heavy atom. The van der Waals surface area contributed by atoms with Gasteiger partial charge in [-0.25, -0.2) is 4.39 Å². The number of fused-ring (bicyclic) bond motifs is 1. The highest BCUT2D eigenvalue weighted by atomic mass is 33.1. The Labute approximate surface area is 161 Å². The Balaban J connectivity index is 0.000000758. The summed E-state index contributed by atoms with van der Waals surface area (Å²) in [6.45, 7) is 3.86. The third kappa shape index (κ3) is 4.62. The summed E-state index contributed by atoms with van der Waals surface area (Å²) in [6.07, 6.45) is 5.26. The maximum atomic E-state index is 13.2. The van der Waals surface area contributed by atoms with E-state index in [1.165, 1.54) is 28.9 Å². The number of para-hydroxylation sites is 1. The lowest BCUT2D eigenvalue weighted by Gasteiger charge is -2.09. The van der Waals surface area contributed by atoms with E-state index < -0.39 is 7.12 Å². The van der Waals surface area contributed by atoms with Gasteiger partial charge in [-0.2, -0.15) is 0 Å². The Bertz CT molecular complexity index is 908. The number of thiol groups is 1. The summed E-state index contributed by atoms with van der Waals surface area (Å²) in [5, 5.41) is 19.3. The summed E-state index contributed by atoms with van der Waals surface area (Å²) < 4.78 is 15.2. The zero-order chi connectivity index (χ0) is 19.1. The van der Waals surface area contributed by atoms with Gasteiger partial charge in [0.05, 0.1) is 11.2 Å². The zero-order valence-electron chi connectivity index (χ0n) is 14.2. The summed E-state index contributed by atoms with van der Waals surface area (Å²) in [7, 11) is -0.104. The van der Waals surface area contributed by atoms with E-state index in [0.717, 1.165) is 27.8 Å². The molecule has 0 saturated carbocycles. The van der Waals surface area contributed by atoms with Crippen LogP contribution in [0.15, 0.2) is 61.1 Å². The fourth-order valence-corrected chi connectivity index (χ4v) is 2.71. The van der Waals surface area contributed by atoms with Crippen LogP contribution in [-0.2, 0) is 0 Å². The molecule has 3 rings (SSSR count). The van der Waals surface area contributed by atoms with E-state index in [4.69, 9.17) is 10.0 Å². The second-order valence-electron chi connectivity index (χ2n) is 5.29. The average Bonchev–Trinajstić information content (AvgIpc) is 2.94. The molecule has 26 heavy (non-hydrogen) atoms. The van der Waals surface area contributed by atoms with Crippen LogP contribution in [0.2, 0.25) is 0 Å². The van der Waals surface area contributed by atoms with Gasteiger partial charge in [-0.05, 0) is 42.7 Å². The van der Waals surface area contributed by atoms with E-state index in [0.29, 0.717) is 0 Å². The first-order chi connectivity index (χ1) is 12.5. The van der Waals surface area contributed by atoms with E-state index in [1.54, 1.807) is 24.3 Å². The van der Waals surface area contributed by atoms with Gasteiger partial charge in [0.25, 0.3) is 0 Å². The Morgan fingerprint density at radius 3 is 2.35 bits per heavy atom. The molecule has 0 atom stereocenters. The highest BCUT2D eigenvalue weighted by Crippen LogP contribution is 2.31. The van der Waals surface area contributed by atoms with Crippen molar-refractivity contribution in [3.63, 3.8) is 0 Å². The van der Waals surface area contributed by atoms with E-state index in [1.807, 2.05) is 35.1 Å². The van der Waals surface area contributed by atoms with Crippen molar-refractivity contribution >= 4 is 52.6 Å². The highest BCUT2D eigenvalue weighted by Gasteiger charge is 2.15. The first-order valence-corrected chi connectivity index (χ1v) is 10.0. The normalized spacial score (nSPS) is 10.7. The Morgan fingerprint density at radius 1 is 1.15 bits per heavy atom. The van der Waals surface area contributed by atoms with Gasteiger partial charge in [0.2, 0.25) is 0 Å². The number of halogens is 1. The standard InChI is InChI=1S/C18H15BFNO2.CH4S2/c1-2-15-16-5-3-4-6-17(16)21(18(15)11-12-19(22)23)14-9-7-13(20)8-10-14;1-3-2/h2-12,22-23H,1H2;2H,1H3/b12-11+;. The van der Waals surface area contributed by atoms with Crippen molar-refractivity contribution in [1.29, 1.82) is 0 Å². The molecular formula is C19H19BFNO2S2. The molecule has 3 aromatic rings. The van der Waals surface area contributed by atoms with Gasteiger partial charge in [-0.3, -0.25) is 0 Å². The van der Waals surface area contributed by atoms with Gasteiger partial charge in [-0.1, -0.05) is 36.8 Å². The van der Waals surface area contributed by atoms with Gasteiger partial charge in [0, 0.05) is 16.6 Å². The molecule has 2 aromatic carbocycles. The summed E-state index contributed by atoms with van der Waals surface area (Å²) >= 11 is 3.71. The second kappa shape index (κ2) is 9.68. The van der Waals surface area contributed by atoms with E-state index in [-0.39, 0.29) is 5.82 Å². The first kappa shape index (κ1) is 20.4. The van der Waals surface area contributed by atoms with Crippen LogP contribution in [0.5, 0.6) is 0 Å². The quantitative estimate of drug-likeness (QED) is 0.348. The molecule has 3 nitrogen and oxygen atoms in total. The monoisotopic (exact) mass is 387 g/mol. The summed E-state index contributed by atoms with van der Waals surface area (Å²) in [5.74, 6) is 0.971. The lowest BCUT2D eigenvalue weighted by Crippen LogP contribution is -2.06. The number of nitrogens with zero attached hydrogens (tertiary/aromatic N) is 1. The Hall–Kier alpha value is -1.93. The molecule has 134 valence electrons. The van der Waals surface area contributed by atoms with Gasteiger partial charge >= 0.3 is 7.12 Å². The number of rotatable bonds is 4. The van der Waals surface area contributed by atoms with Crippen LogP contribution in [0.1, 0.15) is 11.3 Å². The molecule has 0 amide bonds. The molecule has 1 aromatic heterocycles. The summed E-state index contributed by atoms with van der Waals surface area (Å²) in [5.41, 5.74) is 3.34. The van der Waals surface area contributed by atoms with E-state index in [9.17, 15) is 4.39 Å². The van der Waals surface area contributed by atoms with Crippen molar-refractivity contribution in [1.82, 2.24) is 4.57 Å². The topological polar surface area (TPSA) is 45.4 Å². The number of hydrogen-bond donors (Lipinski definition) is 3. The first-order valence-electron chi connectivity index (χ1n) is 7.77. The van der Waals surface area contributed by atoms with Crippen LogP contribution in [0.25, 0.3) is 28.7 Å². The molecule has 0 aliphatic rings. The molecule has 0 spiro atoms. The SMILES string of the molecule is C=Cc1c(/C=C/B(O)O)n(-c2ccc(F)cc2)c2ccccc12.CSS. The fourth-order valence-electron chi connectivity index (χ4n) is 2.71. The molecule has 1 heterocycles. The molecule has 0 saturated heterocycles. The molecular weight excluding hydrogens is 368 g/mol. The van der Waals surface area contributed by atoms with Crippen LogP contribution >= 0.6 is 22.5 Å². The van der Waals surface area contributed by atoms with Crippen molar-refractivity contribution < 1.29 is 14.4 Å². The van der Waals surface area contributed by atoms with Crippen LogP contribution in [0.3, 0.4) is 0 Å². The van der Waals surface area contributed by atoms with Crippen LogP contribution in [0.4, 0.5) is 4.39 Å². The van der Waals surface area contributed by atoms with E-state index >= 15 is 0 Å². The molecule has 0 unspecified atom stereocenters. The zero-order valence-corrected chi connectivity index (χ0v) is 15.9. The van der Waals surface area contributed by atoms with Crippen molar-refractivity contribution in [2.45, 2.75) is 0 Å². The lowest BCUT2D eigenvalue weighted by atomic mass is 9.91. The van der Waals surface area contributed by atoms with Crippen molar-refractivity contribution in [2.24, 2.45) is 0 Å². The minimum atomic E-state index is -1.55. The Kier molecular flexibility index (Phi) is 7.59. The minimum Gasteiger partial charge on any atom is -0.424 e. The van der Waals surface area contributed by atoms with Crippen LogP contribution in [-0.4, -0.2) is 28.0 Å². The molecule has 0 bridgehead atoms. The van der Waals surface area contributed by atoms with Gasteiger partial charge in [0.1, 0.15) is 5.82 Å². The maximum absolute atomic E-state index is 13.2. The van der Waals surface area contributed by atoms with Crippen molar-refractivity contribution in [2.75, 3.05) is 6.26 Å². The predicted molar refractivity (Wildman–Crippen MR) is 115 cm³/mol. The predicted octanol–water partition coefficient (Wildman–Crippen LogP) is 4.63. The number of aromatic nitrogens is 1. The van der Waals surface area contributed by atoms with Crippen molar-refractivity contribution in [3.8, 4) is 5.69 Å². The third-order valence-corrected chi connectivity index (χ3v) is 3.67. The fraction of sp³-hybridized carbons (Fsp3) is 0.0526. The van der Waals surface area contributed by atoms with Crippen LogP contribution < -0.4 is 0 Å². The van der Waals surface area contributed by atoms with Gasteiger partial charge in [0.15, 0.2) is 0 Å². The van der Waals surface area contributed by atoms with Gasteiger partial charge < -0.3 is 14.6 Å². The smallest absolute Gasteiger partial charge is 0.424 e. The molecule has 0 aliphatic heterocycles. The largest absolute Gasteiger partial charge is 0.480 e. The maximum Gasteiger partial charge on any atom is 0.480 e. The second-order valence-corrected chi connectivity index (χ2v) is 6.75. The summed E-state index contributed by atoms with van der Waals surface area (Å²) in [4.78, 5) is 0. The molecule has 0 fully saturated rings. The molecule has 7 heteroatoms. The van der Waals surface area contributed by atoms with Gasteiger partial charge in [-0.15, -0.1) is 22.5 Å². The number of hydrogen-bond acceptors (Lipinski definition) is 4. The third-order valence-electron chi connectivity index (χ3n) is 3.67. The molecule has 0 aliphatic carbocycles. The lowest BCUT2D eigenvalue weighted by molar-refractivity contribution is 0.424. The number of benzene rings is 2. The minimum absolute atomic E-state index is 0.308. The van der Waals surface area contributed by atoms with Crippen LogP contribution in [0, 0.1) is 5.82 Å². The average molecular weight is 387 g/mol. The summed E-state index contributed by atoms with van der Waals surface area (Å²) in [6, 6.07) is 13.9. The highest BCUT2D eigenvalue weighted by molar-refractivity contribution is 8.68. The molecule has 0 radical (unpaired) electrons.